The third-order valence-electron chi connectivity index (χ3n) is 4.51. The number of anilines is 1. The third-order valence-corrected chi connectivity index (χ3v) is 4.51. The Morgan fingerprint density at radius 3 is 2.48 bits per heavy atom. The summed E-state index contributed by atoms with van der Waals surface area (Å²) in [4.78, 5) is 27.8. The fourth-order valence-corrected chi connectivity index (χ4v) is 3.16. The monoisotopic (exact) mass is 392 g/mol. The largest absolute Gasteiger partial charge is 0.466 e. The minimum Gasteiger partial charge on any atom is -0.466 e. The third kappa shape index (κ3) is 3.33. The van der Waals surface area contributed by atoms with Gasteiger partial charge in [0.25, 0.3) is 17.3 Å². The highest BCUT2D eigenvalue weighted by Crippen LogP contribution is 2.31. The van der Waals surface area contributed by atoms with E-state index in [0.29, 0.717) is 33.8 Å². The zero-order valence-electron chi connectivity index (χ0n) is 15.8. The molecule has 1 amide bonds. The van der Waals surface area contributed by atoms with E-state index in [4.69, 9.17) is 8.94 Å². The molecule has 9 nitrogen and oxygen atoms in total. The number of amides is 1. The van der Waals surface area contributed by atoms with Crippen LogP contribution in [0.2, 0.25) is 0 Å². The molecular weight excluding hydrogens is 376 g/mol. The molecule has 0 aliphatic rings. The number of benzene rings is 1. The molecule has 0 atom stereocenters. The molecule has 1 aromatic carbocycles. The predicted octanol–water partition coefficient (Wildman–Crippen LogP) is 4.57. The number of aryl methyl sites for hydroxylation is 3. The number of rotatable bonds is 4. The summed E-state index contributed by atoms with van der Waals surface area (Å²) in [5.74, 6) is 0.994. The Kier molecular flexibility index (Phi) is 4.34. The van der Waals surface area contributed by atoms with E-state index in [9.17, 15) is 14.9 Å². The maximum Gasteiger partial charge on any atom is 0.269 e. The van der Waals surface area contributed by atoms with Gasteiger partial charge < -0.3 is 14.3 Å². The first-order chi connectivity index (χ1) is 13.8. The van der Waals surface area contributed by atoms with Gasteiger partial charge in [0.2, 0.25) is 0 Å². The summed E-state index contributed by atoms with van der Waals surface area (Å²) in [5, 5.41) is 18.0. The Bertz CT molecular complexity index is 1250. The molecule has 0 saturated carbocycles. The number of furan rings is 1. The lowest BCUT2D eigenvalue weighted by molar-refractivity contribution is -0.384. The summed E-state index contributed by atoms with van der Waals surface area (Å²) in [6, 6.07) is 9.09. The molecule has 146 valence electrons. The average Bonchev–Trinajstić information content (AvgIpc) is 3.23. The Hall–Kier alpha value is -4.01. The normalized spacial score (nSPS) is 11.0. The van der Waals surface area contributed by atoms with Crippen molar-refractivity contribution in [3.63, 3.8) is 0 Å². The van der Waals surface area contributed by atoms with Gasteiger partial charge >= 0.3 is 0 Å². The van der Waals surface area contributed by atoms with Gasteiger partial charge in [-0.05, 0) is 45.0 Å². The number of nitro groups is 1. The first kappa shape index (κ1) is 18.4. The van der Waals surface area contributed by atoms with E-state index in [1.165, 1.54) is 24.3 Å². The molecular formula is C20H16N4O5. The number of hydrogen-bond donors (Lipinski definition) is 1. The zero-order chi connectivity index (χ0) is 20.7. The minimum absolute atomic E-state index is 0.0581. The molecule has 4 aromatic rings. The summed E-state index contributed by atoms with van der Waals surface area (Å²) in [6.07, 6.45) is 0. The molecule has 9 heteroatoms. The van der Waals surface area contributed by atoms with Gasteiger partial charge in [0.05, 0.1) is 27.3 Å². The maximum atomic E-state index is 13.0. The van der Waals surface area contributed by atoms with Crippen molar-refractivity contribution in [2.45, 2.75) is 20.8 Å². The van der Waals surface area contributed by atoms with Crippen molar-refractivity contribution < 1.29 is 18.7 Å². The van der Waals surface area contributed by atoms with Crippen LogP contribution in [-0.4, -0.2) is 21.0 Å². The van der Waals surface area contributed by atoms with Crippen LogP contribution in [0.4, 0.5) is 11.4 Å². The molecule has 0 spiro atoms. The Morgan fingerprint density at radius 2 is 1.86 bits per heavy atom. The number of aromatic nitrogens is 2. The number of nitrogens with one attached hydrogen (secondary N) is 1. The van der Waals surface area contributed by atoms with E-state index in [0.717, 1.165) is 11.3 Å². The van der Waals surface area contributed by atoms with Crippen LogP contribution in [0.25, 0.3) is 22.4 Å². The Balaban J connectivity index is 1.77. The number of nitrogens with zero attached hydrogens (tertiary/aromatic N) is 3. The fourth-order valence-electron chi connectivity index (χ4n) is 3.16. The predicted molar refractivity (Wildman–Crippen MR) is 105 cm³/mol. The van der Waals surface area contributed by atoms with Crippen LogP contribution in [0.5, 0.6) is 0 Å². The number of carbonyl (C=O) groups is 1. The van der Waals surface area contributed by atoms with Crippen molar-refractivity contribution in [2.75, 3.05) is 5.32 Å². The van der Waals surface area contributed by atoms with Gasteiger partial charge in [-0.2, -0.15) is 0 Å². The molecule has 0 radical (unpaired) electrons. The van der Waals surface area contributed by atoms with Crippen LogP contribution in [0, 0.1) is 30.9 Å². The molecule has 0 unspecified atom stereocenters. The first-order valence-corrected chi connectivity index (χ1v) is 8.73. The minimum atomic E-state index is -0.500. The summed E-state index contributed by atoms with van der Waals surface area (Å²) in [6.45, 7) is 5.37. The smallest absolute Gasteiger partial charge is 0.269 e. The molecule has 0 bridgehead atoms. The van der Waals surface area contributed by atoms with Gasteiger partial charge in [-0.15, -0.1) is 0 Å². The number of non-ortho nitro benzene ring substituents is 1. The second-order valence-corrected chi connectivity index (χ2v) is 6.59. The highest BCUT2D eigenvalue weighted by molar-refractivity contribution is 6.13. The van der Waals surface area contributed by atoms with Gasteiger partial charge in [0.15, 0.2) is 0 Å². The van der Waals surface area contributed by atoms with Crippen molar-refractivity contribution in [3.8, 4) is 11.3 Å². The van der Waals surface area contributed by atoms with Crippen LogP contribution in [0.15, 0.2) is 45.3 Å². The number of fused-ring (bicyclic) bond motifs is 1. The van der Waals surface area contributed by atoms with Crippen LogP contribution in [-0.2, 0) is 0 Å². The summed E-state index contributed by atoms with van der Waals surface area (Å²) < 4.78 is 10.9. The van der Waals surface area contributed by atoms with Gasteiger partial charge in [-0.3, -0.25) is 14.9 Å². The van der Waals surface area contributed by atoms with Gasteiger partial charge in [0, 0.05) is 23.4 Å². The summed E-state index contributed by atoms with van der Waals surface area (Å²) in [7, 11) is 0. The molecule has 0 aliphatic carbocycles. The molecule has 0 fully saturated rings. The lowest BCUT2D eigenvalue weighted by atomic mass is 10.1. The van der Waals surface area contributed by atoms with E-state index >= 15 is 0 Å². The molecule has 29 heavy (non-hydrogen) atoms. The quantitative estimate of drug-likeness (QED) is 0.398. The summed E-state index contributed by atoms with van der Waals surface area (Å²) in [5.41, 5.74) is 2.76. The lowest BCUT2D eigenvalue weighted by Gasteiger charge is -2.08. The molecule has 0 saturated heterocycles. The van der Waals surface area contributed by atoms with E-state index in [1.54, 1.807) is 13.0 Å². The molecule has 1 N–H and O–H groups in total. The van der Waals surface area contributed by atoms with Gasteiger partial charge in [-0.25, -0.2) is 4.98 Å². The van der Waals surface area contributed by atoms with Crippen molar-refractivity contribution in [1.82, 2.24) is 10.1 Å². The molecule has 3 aromatic heterocycles. The Labute approximate surface area is 164 Å². The number of pyridine rings is 1. The number of nitro benzene ring substituents is 1. The molecule has 3 heterocycles. The highest BCUT2D eigenvalue weighted by Gasteiger charge is 2.21. The standard InChI is InChI=1S/C20H16N4O5/c1-10-8-15(12(3)28-10)17-9-16(18-11(2)23-29-20(18)22-17)19(25)21-13-4-6-14(7-5-13)24(26)27/h4-9H,1-3H3,(H,21,25). The summed E-state index contributed by atoms with van der Waals surface area (Å²) >= 11 is 0. The molecule has 0 aliphatic heterocycles. The van der Waals surface area contributed by atoms with E-state index in [2.05, 4.69) is 15.5 Å². The first-order valence-electron chi connectivity index (χ1n) is 8.73. The SMILES string of the molecule is Cc1cc(-c2cc(C(=O)Nc3ccc([N+](=O)[O-])cc3)c3c(C)noc3n2)c(C)o1. The van der Waals surface area contributed by atoms with Crippen molar-refractivity contribution in [1.29, 1.82) is 0 Å². The van der Waals surface area contributed by atoms with Gasteiger partial charge in [0.1, 0.15) is 11.5 Å². The van der Waals surface area contributed by atoms with E-state index in [1.807, 2.05) is 19.9 Å². The topological polar surface area (TPSA) is 124 Å². The van der Waals surface area contributed by atoms with Crippen molar-refractivity contribution in [2.24, 2.45) is 0 Å². The van der Waals surface area contributed by atoms with Gasteiger partial charge in [-0.1, -0.05) is 5.16 Å². The van der Waals surface area contributed by atoms with E-state index < -0.39 is 10.8 Å². The maximum absolute atomic E-state index is 13.0. The van der Waals surface area contributed by atoms with Crippen molar-refractivity contribution in [3.05, 3.63) is 69.3 Å². The fraction of sp³-hybridized carbons (Fsp3) is 0.150. The molecule has 4 rings (SSSR count). The van der Waals surface area contributed by atoms with Crippen LogP contribution >= 0.6 is 0 Å². The van der Waals surface area contributed by atoms with Crippen LogP contribution in [0.3, 0.4) is 0 Å². The van der Waals surface area contributed by atoms with Crippen LogP contribution < -0.4 is 5.32 Å². The lowest BCUT2D eigenvalue weighted by Crippen LogP contribution is -2.13. The zero-order valence-corrected chi connectivity index (χ0v) is 15.8. The second-order valence-electron chi connectivity index (χ2n) is 6.59. The highest BCUT2D eigenvalue weighted by atomic mass is 16.6. The second kappa shape index (κ2) is 6.86. The average molecular weight is 392 g/mol. The number of hydrogen-bond acceptors (Lipinski definition) is 7. The van der Waals surface area contributed by atoms with Crippen molar-refractivity contribution >= 4 is 28.4 Å². The van der Waals surface area contributed by atoms with E-state index in [-0.39, 0.29) is 11.4 Å². The Morgan fingerprint density at radius 1 is 1.14 bits per heavy atom. The van der Waals surface area contributed by atoms with Crippen LogP contribution in [0.1, 0.15) is 27.6 Å². The number of carbonyl (C=O) groups excluding carboxylic acids is 1.